The van der Waals surface area contributed by atoms with E-state index in [0.29, 0.717) is 12.5 Å². The molecule has 0 spiro atoms. The number of hydrogen-bond acceptors (Lipinski definition) is 2. The van der Waals surface area contributed by atoms with Crippen LogP contribution in [0.2, 0.25) is 0 Å². The lowest BCUT2D eigenvalue weighted by atomic mass is 10.0. The average Bonchev–Trinajstić information content (AvgIpc) is 2.49. The molecule has 0 saturated carbocycles. The quantitative estimate of drug-likeness (QED) is 0.720. The highest BCUT2D eigenvalue weighted by Crippen LogP contribution is 2.24. The van der Waals surface area contributed by atoms with Gasteiger partial charge in [0.25, 0.3) is 5.91 Å². The smallest absolute Gasteiger partial charge is 0.251 e. The van der Waals surface area contributed by atoms with E-state index in [2.05, 4.69) is 19.2 Å². The van der Waals surface area contributed by atoms with Crippen molar-refractivity contribution in [2.45, 2.75) is 39.2 Å². The number of nitrogens with one attached hydrogen (secondary N) is 1. The van der Waals surface area contributed by atoms with Gasteiger partial charge in [0.05, 0.1) is 0 Å². The predicted octanol–water partition coefficient (Wildman–Crippen LogP) is 1.33. The van der Waals surface area contributed by atoms with Crippen molar-refractivity contribution in [2.24, 2.45) is 5.92 Å². The molecule has 0 aromatic heterocycles. The van der Waals surface area contributed by atoms with E-state index in [1.807, 2.05) is 6.92 Å². The summed E-state index contributed by atoms with van der Waals surface area (Å²) in [5.41, 5.74) is -0.561. The Kier molecular flexibility index (Phi) is 3.31. The van der Waals surface area contributed by atoms with E-state index in [1.54, 1.807) is 0 Å². The minimum absolute atomic E-state index is 0.0405. The van der Waals surface area contributed by atoms with E-state index < -0.39 is 5.60 Å². The lowest BCUT2D eigenvalue weighted by Gasteiger charge is -2.22. The van der Waals surface area contributed by atoms with Gasteiger partial charge in [-0.25, -0.2) is 0 Å². The maximum atomic E-state index is 11.6. The molecule has 0 aliphatic carbocycles. The van der Waals surface area contributed by atoms with Gasteiger partial charge in [-0.3, -0.25) is 4.79 Å². The Balaban J connectivity index is 2.38. The summed E-state index contributed by atoms with van der Waals surface area (Å²) >= 11 is 0. The Morgan fingerprint density at radius 1 is 1.62 bits per heavy atom. The summed E-state index contributed by atoms with van der Waals surface area (Å²) in [7, 11) is 0. The van der Waals surface area contributed by atoms with Gasteiger partial charge in [0, 0.05) is 13.2 Å². The maximum Gasteiger partial charge on any atom is 0.251 e. The molecule has 0 bridgehead atoms. The van der Waals surface area contributed by atoms with Gasteiger partial charge in [0.15, 0.2) is 0 Å². The van der Waals surface area contributed by atoms with E-state index in [1.165, 1.54) is 0 Å². The van der Waals surface area contributed by atoms with Crippen molar-refractivity contribution in [1.29, 1.82) is 0 Å². The summed E-state index contributed by atoms with van der Waals surface area (Å²) in [5, 5.41) is 2.90. The second kappa shape index (κ2) is 4.09. The molecule has 1 atom stereocenters. The average molecular weight is 185 g/mol. The van der Waals surface area contributed by atoms with Crippen LogP contribution in [-0.4, -0.2) is 24.7 Å². The van der Waals surface area contributed by atoms with Crippen LogP contribution in [0.3, 0.4) is 0 Å². The largest absolute Gasteiger partial charge is 0.365 e. The molecule has 1 rings (SSSR count). The second-order valence-corrected chi connectivity index (χ2v) is 4.29. The zero-order valence-corrected chi connectivity index (χ0v) is 8.72. The van der Waals surface area contributed by atoms with Gasteiger partial charge >= 0.3 is 0 Å². The molecule has 1 saturated heterocycles. The fourth-order valence-electron chi connectivity index (χ4n) is 1.44. The van der Waals surface area contributed by atoms with Crippen LogP contribution in [0, 0.1) is 5.92 Å². The number of carbonyl (C=O) groups excluding carboxylic acids is 1. The van der Waals surface area contributed by atoms with E-state index in [0.717, 1.165) is 19.4 Å². The standard InChI is InChI=1S/C10H19NO2/c1-8(2)7-11-9(12)10(3)5-4-6-13-10/h8H,4-7H2,1-3H3,(H,11,12). The normalized spacial score (nSPS) is 28.0. The Hall–Kier alpha value is -0.570. The Bertz CT molecular complexity index is 183. The minimum Gasteiger partial charge on any atom is -0.365 e. The number of amides is 1. The van der Waals surface area contributed by atoms with Crippen molar-refractivity contribution in [3.8, 4) is 0 Å². The van der Waals surface area contributed by atoms with Gasteiger partial charge in [-0.2, -0.15) is 0 Å². The first-order chi connectivity index (χ1) is 6.04. The Morgan fingerprint density at radius 2 is 2.31 bits per heavy atom. The SMILES string of the molecule is CC(C)CNC(=O)C1(C)CCCO1. The molecule has 1 unspecified atom stereocenters. The third-order valence-corrected chi connectivity index (χ3v) is 2.37. The van der Waals surface area contributed by atoms with E-state index in [9.17, 15) is 4.79 Å². The van der Waals surface area contributed by atoms with E-state index in [4.69, 9.17) is 4.74 Å². The van der Waals surface area contributed by atoms with Gasteiger partial charge < -0.3 is 10.1 Å². The zero-order chi connectivity index (χ0) is 9.90. The van der Waals surface area contributed by atoms with Crippen molar-refractivity contribution in [3.05, 3.63) is 0 Å². The zero-order valence-electron chi connectivity index (χ0n) is 8.72. The van der Waals surface area contributed by atoms with E-state index >= 15 is 0 Å². The van der Waals surface area contributed by atoms with Gasteiger partial charge in [-0.15, -0.1) is 0 Å². The summed E-state index contributed by atoms with van der Waals surface area (Å²) in [4.78, 5) is 11.6. The Labute approximate surface area is 79.8 Å². The third-order valence-electron chi connectivity index (χ3n) is 2.37. The summed E-state index contributed by atoms with van der Waals surface area (Å²) in [5.74, 6) is 0.535. The van der Waals surface area contributed by atoms with Gasteiger partial charge in [0.1, 0.15) is 5.60 Å². The topological polar surface area (TPSA) is 38.3 Å². The number of ether oxygens (including phenoxy) is 1. The molecule has 0 radical (unpaired) electrons. The predicted molar refractivity (Wildman–Crippen MR) is 51.4 cm³/mol. The molecule has 13 heavy (non-hydrogen) atoms. The molecule has 1 heterocycles. The number of hydrogen-bond donors (Lipinski definition) is 1. The van der Waals surface area contributed by atoms with Crippen molar-refractivity contribution in [2.75, 3.05) is 13.2 Å². The molecular weight excluding hydrogens is 166 g/mol. The lowest BCUT2D eigenvalue weighted by molar-refractivity contribution is -0.139. The maximum absolute atomic E-state index is 11.6. The van der Waals surface area contributed by atoms with Crippen LogP contribution < -0.4 is 5.32 Å². The molecule has 1 aliphatic rings. The molecule has 3 nitrogen and oxygen atoms in total. The van der Waals surface area contributed by atoms with E-state index in [-0.39, 0.29) is 5.91 Å². The van der Waals surface area contributed by atoms with Gasteiger partial charge in [-0.05, 0) is 25.7 Å². The summed E-state index contributed by atoms with van der Waals surface area (Å²) in [6.07, 6.45) is 1.84. The summed E-state index contributed by atoms with van der Waals surface area (Å²) in [6.45, 7) is 7.48. The monoisotopic (exact) mass is 185 g/mol. The van der Waals surface area contributed by atoms with Crippen molar-refractivity contribution in [1.82, 2.24) is 5.32 Å². The highest BCUT2D eigenvalue weighted by molar-refractivity contribution is 5.84. The molecule has 0 aromatic rings. The van der Waals surface area contributed by atoms with Gasteiger partial charge in [-0.1, -0.05) is 13.8 Å². The second-order valence-electron chi connectivity index (χ2n) is 4.29. The number of carbonyl (C=O) groups is 1. The highest BCUT2D eigenvalue weighted by atomic mass is 16.5. The first-order valence-corrected chi connectivity index (χ1v) is 4.97. The molecule has 76 valence electrons. The molecule has 1 fully saturated rings. The van der Waals surface area contributed by atoms with Crippen LogP contribution in [0.25, 0.3) is 0 Å². The molecule has 3 heteroatoms. The van der Waals surface area contributed by atoms with Crippen LogP contribution in [0.4, 0.5) is 0 Å². The molecular formula is C10H19NO2. The van der Waals surface area contributed by atoms with Crippen LogP contribution in [0.5, 0.6) is 0 Å². The van der Waals surface area contributed by atoms with Gasteiger partial charge in [0.2, 0.25) is 0 Å². The molecule has 1 aliphatic heterocycles. The number of rotatable bonds is 3. The van der Waals surface area contributed by atoms with Crippen LogP contribution in [-0.2, 0) is 9.53 Å². The summed E-state index contributed by atoms with van der Waals surface area (Å²) in [6, 6.07) is 0. The molecule has 0 aromatic carbocycles. The fourth-order valence-corrected chi connectivity index (χ4v) is 1.44. The van der Waals surface area contributed by atoms with Crippen molar-refractivity contribution >= 4 is 5.91 Å². The Morgan fingerprint density at radius 3 is 2.77 bits per heavy atom. The van der Waals surface area contributed by atoms with Crippen LogP contribution >= 0.6 is 0 Å². The first-order valence-electron chi connectivity index (χ1n) is 4.97. The van der Waals surface area contributed by atoms with Crippen molar-refractivity contribution < 1.29 is 9.53 Å². The van der Waals surface area contributed by atoms with Crippen molar-refractivity contribution in [3.63, 3.8) is 0 Å². The highest BCUT2D eigenvalue weighted by Gasteiger charge is 2.37. The first kappa shape index (κ1) is 10.5. The lowest BCUT2D eigenvalue weighted by Crippen LogP contribution is -2.45. The molecule has 1 N–H and O–H groups in total. The minimum atomic E-state index is -0.561. The van der Waals surface area contributed by atoms with Crippen LogP contribution in [0.15, 0.2) is 0 Å². The third kappa shape index (κ3) is 2.69. The fraction of sp³-hybridized carbons (Fsp3) is 0.900. The summed E-state index contributed by atoms with van der Waals surface area (Å²) < 4.78 is 5.42. The van der Waals surface area contributed by atoms with Crippen LogP contribution in [0.1, 0.15) is 33.6 Å². The molecule has 1 amide bonds.